The fourth-order valence-electron chi connectivity index (χ4n) is 2.57. The van der Waals surface area contributed by atoms with Crippen LogP contribution in [0.3, 0.4) is 0 Å². The maximum absolute atomic E-state index is 12.1. The number of thiazole rings is 1. The lowest BCUT2D eigenvalue weighted by Crippen LogP contribution is -2.23. The zero-order chi connectivity index (χ0) is 16.6. The molecule has 1 aliphatic heterocycles. The van der Waals surface area contributed by atoms with Gasteiger partial charge in [0.05, 0.1) is 23.1 Å². The van der Waals surface area contributed by atoms with Gasteiger partial charge in [-0.15, -0.1) is 11.3 Å². The van der Waals surface area contributed by atoms with E-state index in [0.29, 0.717) is 11.6 Å². The molecule has 122 valence electrons. The van der Waals surface area contributed by atoms with E-state index in [2.05, 4.69) is 30.2 Å². The van der Waals surface area contributed by atoms with Crippen LogP contribution in [0.1, 0.15) is 17.5 Å². The summed E-state index contributed by atoms with van der Waals surface area (Å²) in [5, 5.41) is 5.14. The molecule has 1 aromatic heterocycles. The van der Waals surface area contributed by atoms with Gasteiger partial charge < -0.3 is 5.32 Å². The van der Waals surface area contributed by atoms with Gasteiger partial charge in [-0.3, -0.25) is 4.79 Å². The molecule has 7 heteroatoms. The summed E-state index contributed by atoms with van der Waals surface area (Å²) < 4.78 is 22.9. The van der Waals surface area contributed by atoms with E-state index >= 15 is 0 Å². The molecule has 0 radical (unpaired) electrons. The number of aryl methyl sites for hydroxylation is 2. The van der Waals surface area contributed by atoms with Crippen molar-refractivity contribution < 1.29 is 13.2 Å². The van der Waals surface area contributed by atoms with Crippen molar-refractivity contribution in [3.8, 4) is 11.3 Å². The highest BCUT2D eigenvalue weighted by atomic mass is 32.2. The van der Waals surface area contributed by atoms with Crippen LogP contribution in [0.4, 0.5) is 5.13 Å². The highest BCUT2D eigenvalue weighted by Gasteiger charge is 2.33. The molecule has 0 bridgehead atoms. The van der Waals surface area contributed by atoms with Gasteiger partial charge in [-0.05, 0) is 37.5 Å². The van der Waals surface area contributed by atoms with Gasteiger partial charge in [-0.25, -0.2) is 13.4 Å². The third-order valence-corrected chi connectivity index (χ3v) is 6.67. The van der Waals surface area contributed by atoms with Gasteiger partial charge in [0, 0.05) is 10.9 Å². The van der Waals surface area contributed by atoms with Gasteiger partial charge in [-0.2, -0.15) is 0 Å². The van der Waals surface area contributed by atoms with Crippen LogP contribution in [-0.2, 0) is 14.6 Å². The van der Waals surface area contributed by atoms with Crippen LogP contribution in [0.25, 0.3) is 11.3 Å². The van der Waals surface area contributed by atoms with Crippen LogP contribution in [0.15, 0.2) is 23.6 Å². The normalized spacial score (nSPS) is 19.7. The monoisotopic (exact) mass is 350 g/mol. The molecule has 0 spiro atoms. The Kier molecular flexibility index (Phi) is 4.25. The fourth-order valence-corrected chi connectivity index (χ4v) is 5.04. The highest BCUT2D eigenvalue weighted by Crippen LogP contribution is 2.27. The number of hydrogen-bond donors (Lipinski definition) is 1. The Bertz CT molecular complexity index is 856. The molecule has 1 fully saturated rings. The van der Waals surface area contributed by atoms with E-state index in [9.17, 15) is 13.2 Å². The molecular weight excluding hydrogens is 332 g/mol. The second kappa shape index (κ2) is 6.05. The molecular formula is C16H18N2O3S2. The molecule has 23 heavy (non-hydrogen) atoms. The molecule has 5 nitrogen and oxygen atoms in total. The highest BCUT2D eigenvalue weighted by molar-refractivity contribution is 7.91. The number of nitrogens with one attached hydrogen (secondary N) is 1. The van der Waals surface area contributed by atoms with E-state index in [1.807, 2.05) is 17.5 Å². The third-order valence-electron chi connectivity index (χ3n) is 4.14. The quantitative estimate of drug-likeness (QED) is 0.923. The minimum absolute atomic E-state index is 0.0613. The molecule has 1 saturated heterocycles. The summed E-state index contributed by atoms with van der Waals surface area (Å²) in [4.78, 5) is 16.6. The second-order valence-corrected chi connectivity index (χ2v) is 9.01. The van der Waals surface area contributed by atoms with E-state index in [1.165, 1.54) is 22.5 Å². The fraction of sp³-hybridized carbons (Fsp3) is 0.375. The largest absolute Gasteiger partial charge is 0.302 e. The Balaban J connectivity index is 1.72. The van der Waals surface area contributed by atoms with Crippen molar-refractivity contribution in [1.29, 1.82) is 0 Å². The minimum Gasteiger partial charge on any atom is -0.302 e. The van der Waals surface area contributed by atoms with E-state index < -0.39 is 15.8 Å². The lowest BCUT2D eigenvalue weighted by molar-refractivity contribution is -0.119. The number of anilines is 1. The lowest BCUT2D eigenvalue weighted by Gasteiger charge is -2.06. The maximum Gasteiger partial charge on any atom is 0.230 e. The molecule has 1 aliphatic rings. The Labute approximate surface area is 139 Å². The van der Waals surface area contributed by atoms with Crippen LogP contribution in [-0.4, -0.2) is 30.8 Å². The van der Waals surface area contributed by atoms with Crippen molar-refractivity contribution in [3.05, 3.63) is 34.7 Å². The molecule has 1 amide bonds. The molecule has 2 aromatic rings. The summed E-state index contributed by atoms with van der Waals surface area (Å²) in [6, 6.07) is 6.12. The van der Waals surface area contributed by atoms with E-state index in [0.717, 1.165) is 11.3 Å². The number of amides is 1. The molecule has 1 atom stereocenters. The van der Waals surface area contributed by atoms with Gasteiger partial charge in [0.1, 0.15) is 0 Å². The van der Waals surface area contributed by atoms with Gasteiger partial charge >= 0.3 is 0 Å². The average molecular weight is 350 g/mol. The Morgan fingerprint density at radius 1 is 1.30 bits per heavy atom. The van der Waals surface area contributed by atoms with Crippen molar-refractivity contribution in [2.24, 2.45) is 5.92 Å². The minimum atomic E-state index is -3.06. The van der Waals surface area contributed by atoms with E-state index in [-0.39, 0.29) is 17.4 Å². The van der Waals surface area contributed by atoms with Crippen molar-refractivity contribution in [2.75, 3.05) is 16.8 Å². The summed E-state index contributed by atoms with van der Waals surface area (Å²) in [6.45, 7) is 4.11. The number of aromatic nitrogens is 1. The Hall–Kier alpha value is -1.73. The number of benzene rings is 1. The van der Waals surface area contributed by atoms with Gasteiger partial charge in [0.25, 0.3) is 0 Å². The SMILES string of the molecule is Cc1ccc(-c2csc(NC(=O)[C@H]3CCS(=O)(=O)C3)n2)cc1C. The van der Waals surface area contributed by atoms with Crippen molar-refractivity contribution in [2.45, 2.75) is 20.3 Å². The smallest absolute Gasteiger partial charge is 0.230 e. The number of hydrogen-bond acceptors (Lipinski definition) is 5. The summed E-state index contributed by atoms with van der Waals surface area (Å²) in [5.41, 5.74) is 4.23. The van der Waals surface area contributed by atoms with Crippen molar-refractivity contribution in [3.63, 3.8) is 0 Å². The first-order chi connectivity index (χ1) is 10.8. The maximum atomic E-state index is 12.1. The predicted molar refractivity (Wildman–Crippen MR) is 92.4 cm³/mol. The summed E-state index contributed by atoms with van der Waals surface area (Å²) in [7, 11) is -3.06. The van der Waals surface area contributed by atoms with Crippen molar-refractivity contribution >= 4 is 32.2 Å². The zero-order valence-corrected chi connectivity index (χ0v) is 14.6. The first-order valence-electron chi connectivity index (χ1n) is 7.38. The topological polar surface area (TPSA) is 76.1 Å². The molecule has 0 saturated carbocycles. The number of rotatable bonds is 3. The molecule has 0 unspecified atom stereocenters. The first-order valence-corrected chi connectivity index (χ1v) is 10.1. The second-order valence-electron chi connectivity index (χ2n) is 5.93. The van der Waals surface area contributed by atoms with Crippen LogP contribution < -0.4 is 5.32 Å². The molecule has 1 aromatic carbocycles. The van der Waals surface area contributed by atoms with Crippen molar-refractivity contribution in [1.82, 2.24) is 4.98 Å². The zero-order valence-electron chi connectivity index (χ0n) is 13.0. The van der Waals surface area contributed by atoms with Crippen LogP contribution in [0, 0.1) is 19.8 Å². The molecule has 1 N–H and O–H groups in total. The Morgan fingerprint density at radius 2 is 2.09 bits per heavy atom. The van der Waals surface area contributed by atoms with Gasteiger partial charge in [-0.1, -0.05) is 12.1 Å². The molecule has 3 rings (SSSR count). The van der Waals surface area contributed by atoms with Crippen LogP contribution in [0.2, 0.25) is 0 Å². The molecule has 2 heterocycles. The average Bonchev–Trinajstić information content (AvgIpc) is 3.08. The number of carbonyl (C=O) groups excluding carboxylic acids is 1. The molecule has 0 aliphatic carbocycles. The summed E-state index contributed by atoms with van der Waals surface area (Å²) in [5.74, 6) is -0.688. The van der Waals surface area contributed by atoms with E-state index in [1.54, 1.807) is 0 Å². The lowest BCUT2D eigenvalue weighted by atomic mass is 10.1. The number of carbonyl (C=O) groups is 1. The van der Waals surface area contributed by atoms with Crippen LogP contribution >= 0.6 is 11.3 Å². The summed E-state index contributed by atoms with van der Waals surface area (Å²) in [6.07, 6.45) is 0.392. The third kappa shape index (κ3) is 3.61. The van der Waals surface area contributed by atoms with E-state index in [4.69, 9.17) is 0 Å². The van der Waals surface area contributed by atoms with Gasteiger partial charge in [0.15, 0.2) is 15.0 Å². The van der Waals surface area contributed by atoms with Gasteiger partial charge in [0.2, 0.25) is 5.91 Å². The Morgan fingerprint density at radius 3 is 2.74 bits per heavy atom. The summed E-state index contributed by atoms with van der Waals surface area (Å²) >= 11 is 1.35. The standard InChI is InChI=1S/C16H18N2O3S2/c1-10-3-4-12(7-11(10)2)14-8-22-16(17-14)18-15(19)13-5-6-23(20,21)9-13/h3-4,7-8,13H,5-6,9H2,1-2H3,(H,17,18,19)/t13-/m0/s1. The van der Waals surface area contributed by atoms with Crippen LogP contribution in [0.5, 0.6) is 0 Å². The predicted octanol–water partition coefficient (Wildman–Crippen LogP) is 2.80. The number of nitrogens with zero attached hydrogens (tertiary/aromatic N) is 1. The number of sulfone groups is 1. The first kappa shape index (κ1) is 16.1.